The Labute approximate surface area is 96.5 Å². The molecule has 90 valence electrons. The fourth-order valence-electron chi connectivity index (χ4n) is 1.36. The van der Waals surface area contributed by atoms with Gasteiger partial charge in [-0.05, 0) is 32.4 Å². The number of rotatable bonds is 7. The summed E-state index contributed by atoms with van der Waals surface area (Å²) in [6.07, 6.45) is 3.12. The lowest BCUT2D eigenvalue weighted by molar-refractivity contribution is -0.146. The van der Waals surface area contributed by atoms with Crippen LogP contribution in [0.25, 0.3) is 0 Å². The predicted octanol–water partition coefficient (Wildman–Crippen LogP) is 0.560. The van der Waals surface area contributed by atoms with Gasteiger partial charge in [-0.1, -0.05) is 0 Å². The van der Waals surface area contributed by atoms with Crippen LogP contribution in [-0.2, 0) is 9.53 Å². The predicted molar refractivity (Wildman–Crippen MR) is 65.1 cm³/mol. The van der Waals surface area contributed by atoms with Crippen molar-refractivity contribution in [2.24, 2.45) is 5.73 Å². The molecule has 0 spiro atoms. The molecule has 0 saturated carbocycles. The topological polar surface area (TPSA) is 55.6 Å². The molecule has 0 aliphatic heterocycles. The Balaban J connectivity index is 4.23. The van der Waals surface area contributed by atoms with Gasteiger partial charge in [0.1, 0.15) is 6.04 Å². The fourth-order valence-corrected chi connectivity index (χ4v) is 1.94. The number of hydrogen-bond donors (Lipinski definition) is 1. The first-order chi connectivity index (χ1) is 7.08. The second kappa shape index (κ2) is 7.96. The largest absolute Gasteiger partial charge is 0.468 e. The van der Waals surface area contributed by atoms with Crippen molar-refractivity contribution in [2.75, 3.05) is 32.7 Å². The number of methoxy groups -OCH3 is 1. The zero-order chi connectivity index (χ0) is 11.8. The summed E-state index contributed by atoms with van der Waals surface area (Å²) in [5, 5.41) is 0. The van der Waals surface area contributed by atoms with Crippen molar-refractivity contribution in [3.8, 4) is 0 Å². The minimum absolute atomic E-state index is 0.254. The molecule has 0 aromatic rings. The normalized spacial score (nSPS) is 15.1. The lowest BCUT2D eigenvalue weighted by Gasteiger charge is -2.30. The molecule has 0 aromatic carbocycles. The van der Waals surface area contributed by atoms with E-state index in [2.05, 4.69) is 13.2 Å². The van der Waals surface area contributed by atoms with Crippen LogP contribution in [0, 0.1) is 0 Å². The number of esters is 1. The first-order valence-corrected chi connectivity index (χ1v) is 6.46. The second-order valence-electron chi connectivity index (χ2n) is 3.57. The molecular weight excluding hydrogens is 212 g/mol. The summed E-state index contributed by atoms with van der Waals surface area (Å²) in [5.74, 6) is 0.834. The summed E-state index contributed by atoms with van der Waals surface area (Å²) in [4.78, 5) is 13.4. The molecule has 0 aliphatic rings. The van der Waals surface area contributed by atoms with Gasteiger partial charge in [0.2, 0.25) is 0 Å². The molecule has 0 rings (SSSR count). The lowest BCUT2D eigenvalue weighted by atomic mass is 10.1. The first kappa shape index (κ1) is 14.7. The van der Waals surface area contributed by atoms with E-state index in [9.17, 15) is 4.79 Å². The van der Waals surface area contributed by atoms with Crippen LogP contribution in [0.2, 0.25) is 0 Å². The third kappa shape index (κ3) is 4.86. The molecule has 2 atom stereocenters. The molecule has 0 amide bonds. The van der Waals surface area contributed by atoms with Gasteiger partial charge in [0.25, 0.3) is 0 Å². The number of nitrogens with zero attached hydrogens (tertiary/aromatic N) is 1. The number of carbonyl (C=O) groups is 1. The van der Waals surface area contributed by atoms with Gasteiger partial charge in [-0.25, -0.2) is 0 Å². The van der Waals surface area contributed by atoms with Gasteiger partial charge in [0.05, 0.1) is 7.11 Å². The van der Waals surface area contributed by atoms with Crippen LogP contribution < -0.4 is 5.73 Å². The van der Waals surface area contributed by atoms with Gasteiger partial charge in [0.15, 0.2) is 0 Å². The molecule has 0 aromatic heterocycles. The van der Waals surface area contributed by atoms with Crippen LogP contribution in [0.5, 0.6) is 0 Å². The quantitative estimate of drug-likeness (QED) is 0.652. The zero-order valence-electron chi connectivity index (χ0n) is 10.0. The maximum absolute atomic E-state index is 11.4. The van der Waals surface area contributed by atoms with Crippen molar-refractivity contribution >= 4 is 17.7 Å². The van der Waals surface area contributed by atoms with Crippen molar-refractivity contribution < 1.29 is 9.53 Å². The van der Waals surface area contributed by atoms with Crippen LogP contribution >= 0.6 is 11.8 Å². The van der Waals surface area contributed by atoms with Crippen LogP contribution in [0.15, 0.2) is 0 Å². The highest BCUT2D eigenvalue weighted by molar-refractivity contribution is 7.98. The standard InChI is InChI=1S/C10H22N2O2S/c1-8(5-6-15-4)12(2)9(7-11)10(13)14-3/h8-9H,5-7,11H2,1-4H3. The summed E-state index contributed by atoms with van der Waals surface area (Å²) < 4.78 is 4.71. The van der Waals surface area contributed by atoms with Gasteiger partial charge >= 0.3 is 5.97 Å². The summed E-state index contributed by atoms with van der Waals surface area (Å²) in [5.41, 5.74) is 5.57. The Kier molecular flexibility index (Phi) is 7.82. The van der Waals surface area contributed by atoms with E-state index < -0.39 is 0 Å². The van der Waals surface area contributed by atoms with E-state index in [-0.39, 0.29) is 12.0 Å². The number of carbonyl (C=O) groups excluding carboxylic acids is 1. The van der Waals surface area contributed by atoms with E-state index in [1.165, 1.54) is 7.11 Å². The Bertz CT molecular complexity index is 190. The summed E-state index contributed by atoms with van der Waals surface area (Å²) in [6, 6.07) is 0.0111. The average Bonchev–Trinajstić information content (AvgIpc) is 2.26. The third-order valence-corrected chi connectivity index (χ3v) is 3.27. The Morgan fingerprint density at radius 2 is 2.20 bits per heavy atom. The van der Waals surface area contributed by atoms with Crippen LogP contribution in [0.1, 0.15) is 13.3 Å². The highest BCUT2D eigenvalue weighted by Crippen LogP contribution is 2.09. The second-order valence-corrected chi connectivity index (χ2v) is 4.56. The van der Waals surface area contributed by atoms with E-state index in [1.807, 2.05) is 11.9 Å². The molecule has 5 heteroatoms. The number of likely N-dealkylation sites (N-methyl/N-ethyl adjacent to an activating group) is 1. The highest BCUT2D eigenvalue weighted by atomic mass is 32.2. The summed E-state index contributed by atoms with van der Waals surface area (Å²) >= 11 is 1.81. The smallest absolute Gasteiger partial charge is 0.324 e. The lowest BCUT2D eigenvalue weighted by Crippen LogP contribution is -2.48. The van der Waals surface area contributed by atoms with Gasteiger partial charge in [-0.15, -0.1) is 0 Å². The van der Waals surface area contributed by atoms with Gasteiger partial charge in [-0.2, -0.15) is 11.8 Å². The third-order valence-electron chi connectivity index (χ3n) is 2.62. The zero-order valence-corrected chi connectivity index (χ0v) is 10.8. The van der Waals surface area contributed by atoms with Crippen LogP contribution in [-0.4, -0.2) is 55.7 Å². The molecule has 0 aliphatic carbocycles. The molecule has 0 heterocycles. The number of ether oxygens (including phenoxy) is 1. The Hall–Kier alpha value is -0.260. The molecule has 4 nitrogen and oxygen atoms in total. The number of thioether (sulfide) groups is 1. The number of nitrogens with two attached hydrogens (primary N) is 1. The fraction of sp³-hybridized carbons (Fsp3) is 0.900. The molecule has 2 N–H and O–H groups in total. The minimum Gasteiger partial charge on any atom is -0.468 e. The molecular formula is C10H22N2O2S. The minimum atomic E-state index is -0.327. The summed E-state index contributed by atoms with van der Waals surface area (Å²) in [7, 11) is 3.31. The van der Waals surface area contributed by atoms with E-state index in [4.69, 9.17) is 10.5 Å². The van der Waals surface area contributed by atoms with Crippen molar-refractivity contribution in [2.45, 2.75) is 25.4 Å². The maximum atomic E-state index is 11.4. The van der Waals surface area contributed by atoms with E-state index >= 15 is 0 Å². The summed E-state index contributed by atoms with van der Waals surface area (Å²) in [6.45, 7) is 2.40. The average molecular weight is 234 g/mol. The monoisotopic (exact) mass is 234 g/mol. The molecule has 0 fully saturated rings. The van der Waals surface area contributed by atoms with Crippen molar-refractivity contribution in [1.29, 1.82) is 0 Å². The Morgan fingerprint density at radius 3 is 2.60 bits per heavy atom. The van der Waals surface area contributed by atoms with Gasteiger partial charge < -0.3 is 10.5 Å². The van der Waals surface area contributed by atoms with Crippen LogP contribution in [0.3, 0.4) is 0 Å². The van der Waals surface area contributed by atoms with Crippen molar-refractivity contribution in [1.82, 2.24) is 4.90 Å². The van der Waals surface area contributed by atoms with Gasteiger partial charge in [-0.3, -0.25) is 9.69 Å². The van der Waals surface area contributed by atoms with E-state index in [0.29, 0.717) is 12.6 Å². The maximum Gasteiger partial charge on any atom is 0.324 e. The first-order valence-electron chi connectivity index (χ1n) is 5.07. The SMILES string of the molecule is COC(=O)C(CN)N(C)C(C)CCSC. The van der Waals surface area contributed by atoms with Crippen molar-refractivity contribution in [3.63, 3.8) is 0 Å². The Morgan fingerprint density at radius 1 is 1.60 bits per heavy atom. The molecule has 0 bridgehead atoms. The van der Waals surface area contributed by atoms with Gasteiger partial charge in [0, 0.05) is 12.6 Å². The molecule has 15 heavy (non-hydrogen) atoms. The van der Waals surface area contributed by atoms with Crippen LogP contribution in [0.4, 0.5) is 0 Å². The van der Waals surface area contributed by atoms with Crippen molar-refractivity contribution in [3.05, 3.63) is 0 Å². The molecule has 2 unspecified atom stereocenters. The highest BCUT2D eigenvalue weighted by Gasteiger charge is 2.25. The van der Waals surface area contributed by atoms with E-state index in [0.717, 1.165) is 12.2 Å². The number of hydrogen-bond acceptors (Lipinski definition) is 5. The molecule has 0 saturated heterocycles. The molecule has 0 radical (unpaired) electrons. The van der Waals surface area contributed by atoms with E-state index in [1.54, 1.807) is 11.8 Å².